The third-order valence-corrected chi connectivity index (χ3v) is 3.13. The molecule has 0 aliphatic rings. The minimum Gasteiger partial charge on any atom is -0.491 e. The molecule has 0 saturated carbocycles. The lowest BCUT2D eigenvalue weighted by Gasteiger charge is -2.12. The molecule has 0 bridgehead atoms. The molecular formula is C18H19FO2. The number of ether oxygens (including phenoxy) is 1. The molecule has 0 saturated heterocycles. The molecule has 2 nitrogen and oxygen atoms in total. The summed E-state index contributed by atoms with van der Waals surface area (Å²) >= 11 is 0. The van der Waals surface area contributed by atoms with Gasteiger partial charge in [0.2, 0.25) is 0 Å². The zero-order chi connectivity index (χ0) is 15.6. The van der Waals surface area contributed by atoms with Crippen molar-refractivity contribution in [3.63, 3.8) is 0 Å². The first-order chi connectivity index (χ1) is 9.88. The highest BCUT2D eigenvalue weighted by atomic mass is 19.1. The van der Waals surface area contributed by atoms with E-state index in [1.165, 1.54) is 6.07 Å². The fourth-order valence-corrected chi connectivity index (χ4v) is 2.33. The predicted molar refractivity (Wildman–Crippen MR) is 81.5 cm³/mol. The average Bonchev–Trinajstić information content (AvgIpc) is 2.36. The van der Waals surface area contributed by atoms with E-state index in [0.717, 1.165) is 5.56 Å². The molecule has 0 aliphatic heterocycles. The van der Waals surface area contributed by atoms with E-state index in [4.69, 9.17) is 4.74 Å². The number of benzene rings is 2. The molecule has 0 fully saturated rings. The van der Waals surface area contributed by atoms with Gasteiger partial charge in [0.1, 0.15) is 11.6 Å². The zero-order valence-electron chi connectivity index (χ0n) is 12.7. The highest BCUT2D eigenvalue weighted by molar-refractivity contribution is 6.10. The highest BCUT2D eigenvalue weighted by Gasteiger charge is 2.17. The van der Waals surface area contributed by atoms with Gasteiger partial charge in [-0.2, -0.15) is 0 Å². The first-order valence-electron chi connectivity index (χ1n) is 6.96. The largest absolute Gasteiger partial charge is 0.491 e. The predicted octanol–water partition coefficient (Wildman–Crippen LogP) is 4.46. The van der Waals surface area contributed by atoms with E-state index in [1.54, 1.807) is 38.1 Å². The molecule has 21 heavy (non-hydrogen) atoms. The van der Waals surface area contributed by atoms with Crippen LogP contribution in [0.1, 0.15) is 40.9 Å². The molecule has 0 spiro atoms. The van der Waals surface area contributed by atoms with Gasteiger partial charge in [0, 0.05) is 5.56 Å². The van der Waals surface area contributed by atoms with Gasteiger partial charge in [-0.3, -0.25) is 4.79 Å². The van der Waals surface area contributed by atoms with Crippen molar-refractivity contribution in [1.82, 2.24) is 0 Å². The quantitative estimate of drug-likeness (QED) is 0.776. The van der Waals surface area contributed by atoms with Crippen LogP contribution in [0, 0.1) is 19.7 Å². The summed E-state index contributed by atoms with van der Waals surface area (Å²) in [6, 6.07) is 10.1. The molecule has 0 radical (unpaired) electrons. The van der Waals surface area contributed by atoms with Crippen LogP contribution in [0.25, 0.3) is 0 Å². The summed E-state index contributed by atoms with van der Waals surface area (Å²) in [5, 5.41) is 0. The summed E-state index contributed by atoms with van der Waals surface area (Å²) in [5.41, 5.74) is 2.01. The number of hydrogen-bond donors (Lipinski definition) is 0. The topological polar surface area (TPSA) is 26.3 Å². The van der Waals surface area contributed by atoms with Gasteiger partial charge in [-0.15, -0.1) is 0 Å². The van der Waals surface area contributed by atoms with Gasteiger partial charge < -0.3 is 4.74 Å². The number of hydrogen-bond acceptors (Lipinski definition) is 2. The van der Waals surface area contributed by atoms with Crippen LogP contribution in [0.4, 0.5) is 4.39 Å². The molecule has 2 aromatic carbocycles. The van der Waals surface area contributed by atoms with Crippen molar-refractivity contribution in [2.24, 2.45) is 0 Å². The highest BCUT2D eigenvalue weighted by Crippen LogP contribution is 2.22. The first-order valence-corrected chi connectivity index (χ1v) is 6.96. The van der Waals surface area contributed by atoms with E-state index in [-0.39, 0.29) is 17.5 Å². The lowest BCUT2D eigenvalue weighted by molar-refractivity contribution is 0.103. The summed E-state index contributed by atoms with van der Waals surface area (Å²) in [4.78, 5) is 12.5. The van der Waals surface area contributed by atoms with Crippen molar-refractivity contribution in [2.45, 2.75) is 33.8 Å². The number of ketones is 1. The lowest BCUT2D eigenvalue weighted by atomic mass is 9.97. The van der Waals surface area contributed by atoms with Crippen LogP contribution < -0.4 is 4.74 Å². The van der Waals surface area contributed by atoms with Crippen molar-refractivity contribution >= 4 is 5.78 Å². The van der Waals surface area contributed by atoms with E-state index >= 15 is 0 Å². The van der Waals surface area contributed by atoms with Crippen LogP contribution in [0.2, 0.25) is 0 Å². The van der Waals surface area contributed by atoms with Crippen molar-refractivity contribution in [3.05, 3.63) is 64.5 Å². The normalized spacial score (nSPS) is 10.8. The minimum atomic E-state index is -0.479. The Labute approximate surface area is 124 Å². The van der Waals surface area contributed by atoms with Crippen LogP contribution in [0.5, 0.6) is 5.75 Å². The molecule has 0 N–H and O–H groups in total. The smallest absolute Gasteiger partial charge is 0.196 e. The summed E-state index contributed by atoms with van der Waals surface area (Å²) < 4.78 is 19.7. The van der Waals surface area contributed by atoms with Crippen LogP contribution >= 0.6 is 0 Å². The van der Waals surface area contributed by atoms with Gasteiger partial charge in [0.15, 0.2) is 5.78 Å². The fourth-order valence-electron chi connectivity index (χ4n) is 2.33. The number of carbonyl (C=O) groups is 1. The molecule has 2 rings (SSSR count). The Morgan fingerprint density at radius 2 is 1.86 bits per heavy atom. The van der Waals surface area contributed by atoms with E-state index in [2.05, 4.69) is 0 Å². The van der Waals surface area contributed by atoms with Crippen LogP contribution in [-0.2, 0) is 0 Å². The Bertz CT molecular complexity index is 652. The zero-order valence-corrected chi connectivity index (χ0v) is 12.7. The standard InChI is InChI=1S/C18H19FO2/c1-11(2)21-15-7-5-6-14(10-15)18(20)17-13(4)8-12(3)9-16(17)19/h5-11H,1-4H3. The third-order valence-electron chi connectivity index (χ3n) is 3.13. The van der Waals surface area contributed by atoms with E-state index in [0.29, 0.717) is 16.9 Å². The number of rotatable bonds is 4. The molecule has 0 heterocycles. The second kappa shape index (κ2) is 6.08. The Balaban J connectivity index is 2.41. The lowest BCUT2D eigenvalue weighted by Crippen LogP contribution is -2.09. The molecule has 2 aromatic rings. The van der Waals surface area contributed by atoms with Crippen molar-refractivity contribution in [3.8, 4) is 5.75 Å². The fraction of sp³-hybridized carbons (Fsp3) is 0.278. The molecule has 0 unspecified atom stereocenters. The molecule has 3 heteroatoms. The molecule has 0 aliphatic carbocycles. The van der Waals surface area contributed by atoms with Gasteiger partial charge >= 0.3 is 0 Å². The number of carbonyl (C=O) groups excluding carboxylic acids is 1. The second-order valence-electron chi connectivity index (χ2n) is 5.46. The van der Waals surface area contributed by atoms with Crippen molar-refractivity contribution in [1.29, 1.82) is 0 Å². The van der Waals surface area contributed by atoms with Gasteiger partial charge in [0.05, 0.1) is 11.7 Å². The Morgan fingerprint density at radius 1 is 1.14 bits per heavy atom. The maximum atomic E-state index is 14.1. The van der Waals surface area contributed by atoms with Gasteiger partial charge in [-0.25, -0.2) is 4.39 Å². The number of halogens is 1. The number of aryl methyl sites for hydroxylation is 2. The maximum Gasteiger partial charge on any atom is 0.196 e. The van der Waals surface area contributed by atoms with Crippen molar-refractivity contribution < 1.29 is 13.9 Å². The van der Waals surface area contributed by atoms with Gasteiger partial charge in [0.25, 0.3) is 0 Å². The summed E-state index contributed by atoms with van der Waals surface area (Å²) in [6.45, 7) is 7.38. The molecule has 0 amide bonds. The molecule has 0 atom stereocenters. The molecule has 0 aromatic heterocycles. The Kier molecular flexibility index (Phi) is 4.41. The Morgan fingerprint density at radius 3 is 2.48 bits per heavy atom. The SMILES string of the molecule is Cc1cc(C)c(C(=O)c2cccc(OC(C)C)c2)c(F)c1. The summed E-state index contributed by atoms with van der Waals surface area (Å²) in [6.07, 6.45) is 0.0215. The van der Waals surface area contributed by atoms with Crippen molar-refractivity contribution in [2.75, 3.05) is 0 Å². The van der Waals surface area contributed by atoms with E-state index < -0.39 is 5.82 Å². The minimum absolute atomic E-state index is 0.0215. The average molecular weight is 286 g/mol. The Hall–Kier alpha value is -2.16. The van der Waals surface area contributed by atoms with Crippen LogP contribution in [0.3, 0.4) is 0 Å². The molecule has 110 valence electrons. The monoisotopic (exact) mass is 286 g/mol. The first kappa shape index (κ1) is 15.2. The summed E-state index contributed by atoms with van der Waals surface area (Å²) in [7, 11) is 0. The van der Waals surface area contributed by atoms with Gasteiger partial charge in [-0.1, -0.05) is 18.2 Å². The van der Waals surface area contributed by atoms with E-state index in [9.17, 15) is 9.18 Å². The van der Waals surface area contributed by atoms with Crippen LogP contribution in [0.15, 0.2) is 36.4 Å². The van der Waals surface area contributed by atoms with Crippen LogP contribution in [-0.4, -0.2) is 11.9 Å². The maximum absolute atomic E-state index is 14.1. The third kappa shape index (κ3) is 3.48. The molecular weight excluding hydrogens is 267 g/mol. The van der Waals surface area contributed by atoms with Gasteiger partial charge in [-0.05, 0) is 57.0 Å². The second-order valence-corrected chi connectivity index (χ2v) is 5.46. The van der Waals surface area contributed by atoms with E-state index in [1.807, 2.05) is 19.9 Å². The summed E-state index contributed by atoms with van der Waals surface area (Å²) in [5.74, 6) is -0.187.